The van der Waals surface area contributed by atoms with Gasteiger partial charge in [0.05, 0.1) is 5.02 Å². The van der Waals surface area contributed by atoms with Crippen LogP contribution in [0.4, 0.5) is 0 Å². The number of carbonyl (C=O) groups is 1. The average Bonchev–Trinajstić information content (AvgIpc) is 2.71. The zero-order valence-electron chi connectivity index (χ0n) is 9.93. The molecule has 100 valence electrons. The van der Waals surface area contributed by atoms with Crippen LogP contribution in [-0.4, -0.2) is 55.1 Å². The van der Waals surface area contributed by atoms with Gasteiger partial charge in [0.25, 0.3) is 5.91 Å². The van der Waals surface area contributed by atoms with Crippen molar-refractivity contribution >= 4 is 29.1 Å². The van der Waals surface area contributed by atoms with E-state index < -0.39 is 0 Å². The van der Waals surface area contributed by atoms with E-state index in [9.17, 15) is 4.79 Å². The van der Waals surface area contributed by atoms with Gasteiger partial charge in [-0.1, -0.05) is 23.2 Å². The molecule has 0 bridgehead atoms. The Hall–Kier alpha value is -0.750. The Labute approximate surface area is 116 Å². The second-order valence-corrected chi connectivity index (χ2v) is 4.98. The van der Waals surface area contributed by atoms with Crippen LogP contribution in [0.2, 0.25) is 10.2 Å². The predicted octanol–water partition coefficient (Wildman–Crippen LogP) is 0.957. The highest BCUT2D eigenvalue weighted by Crippen LogP contribution is 2.21. The molecule has 1 aromatic heterocycles. The summed E-state index contributed by atoms with van der Waals surface area (Å²) < 4.78 is 0. The van der Waals surface area contributed by atoms with Gasteiger partial charge in [-0.3, -0.25) is 9.69 Å². The summed E-state index contributed by atoms with van der Waals surface area (Å²) in [6.07, 6.45) is 0. The number of H-pyrrole nitrogens is 1. The Bertz CT molecular complexity index is 396. The number of nitrogens with zero attached hydrogens (tertiary/aromatic N) is 1. The number of aromatic nitrogens is 1. The van der Waals surface area contributed by atoms with Crippen LogP contribution in [0.1, 0.15) is 10.5 Å². The fraction of sp³-hybridized carbons (Fsp3) is 0.545. The molecule has 1 fully saturated rings. The molecule has 0 saturated carbocycles. The van der Waals surface area contributed by atoms with Crippen LogP contribution < -0.4 is 10.6 Å². The van der Waals surface area contributed by atoms with Crippen molar-refractivity contribution in [2.75, 3.05) is 39.3 Å². The average molecular weight is 291 g/mol. The summed E-state index contributed by atoms with van der Waals surface area (Å²) in [4.78, 5) is 16.8. The summed E-state index contributed by atoms with van der Waals surface area (Å²) in [5, 5.41) is 6.78. The van der Waals surface area contributed by atoms with Crippen molar-refractivity contribution in [3.8, 4) is 0 Å². The molecule has 1 amide bonds. The van der Waals surface area contributed by atoms with E-state index in [-0.39, 0.29) is 5.91 Å². The SMILES string of the molecule is O=C(NCCN1CCNCC1)c1cc(Cl)c(Cl)[nH]1. The number of hydrogen-bond donors (Lipinski definition) is 3. The third-order valence-electron chi connectivity index (χ3n) is 2.89. The Morgan fingerprint density at radius 3 is 2.72 bits per heavy atom. The van der Waals surface area contributed by atoms with E-state index in [2.05, 4.69) is 20.5 Å². The number of carbonyl (C=O) groups excluding carboxylic acids is 1. The Morgan fingerprint density at radius 1 is 1.39 bits per heavy atom. The standard InChI is InChI=1S/C11H16Cl2N4O/c12-8-7-9(16-10(8)13)11(18)15-3-6-17-4-1-14-2-5-17/h7,14,16H,1-6H2,(H,15,18). The first-order valence-electron chi connectivity index (χ1n) is 5.92. The van der Waals surface area contributed by atoms with E-state index in [1.54, 1.807) is 0 Å². The molecule has 0 radical (unpaired) electrons. The van der Waals surface area contributed by atoms with Gasteiger partial charge in [0.2, 0.25) is 0 Å². The minimum atomic E-state index is -0.182. The van der Waals surface area contributed by atoms with Crippen molar-refractivity contribution in [2.24, 2.45) is 0 Å². The van der Waals surface area contributed by atoms with Crippen molar-refractivity contribution in [3.05, 3.63) is 21.9 Å². The van der Waals surface area contributed by atoms with E-state index >= 15 is 0 Å². The topological polar surface area (TPSA) is 60.2 Å². The number of aromatic amines is 1. The van der Waals surface area contributed by atoms with Gasteiger partial charge in [-0.15, -0.1) is 0 Å². The molecule has 3 N–H and O–H groups in total. The van der Waals surface area contributed by atoms with E-state index in [4.69, 9.17) is 23.2 Å². The van der Waals surface area contributed by atoms with Crippen molar-refractivity contribution in [2.45, 2.75) is 0 Å². The number of amides is 1. The summed E-state index contributed by atoms with van der Waals surface area (Å²) in [5.41, 5.74) is 0.394. The minimum absolute atomic E-state index is 0.182. The van der Waals surface area contributed by atoms with E-state index in [1.807, 2.05) is 0 Å². The molecule has 0 atom stereocenters. The molecule has 0 unspecified atom stereocenters. The molecule has 7 heteroatoms. The molecule has 2 rings (SSSR count). The normalized spacial score (nSPS) is 16.8. The number of nitrogens with one attached hydrogen (secondary N) is 3. The molecule has 5 nitrogen and oxygen atoms in total. The Balaban J connectivity index is 1.74. The third kappa shape index (κ3) is 3.62. The molecule has 1 aliphatic rings. The van der Waals surface area contributed by atoms with Crippen LogP contribution >= 0.6 is 23.2 Å². The first-order valence-corrected chi connectivity index (χ1v) is 6.67. The van der Waals surface area contributed by atoms with Crippen LogP contribution in [0.25, 0.3) is 0 Å². The van der Waals surface area contributed by atoms with Gasteiger partial charge in [0.15, 0.2) is 0 Å². The predicted molar refractivity (Wildman–Crippen MR) is 72.5 cm³/mol. The van der Waals surface area contributed by atoms with E-state index in [0.29, 0.717) is 22.4 Å². The molecule has 1 saturated heterocycles. The summed E-state index contributed by atoms with van der Waals surface area (Å²) >= 11 is 11.5. The molecule has 0 aliphatic carbocycles. The van der Waals surface area contributed by atoms with Gasteiger partial charge in [-0.05, 0) is 6.07 Å². The van der Waals surface area contributed by atoms with Gasteiger partial charge in [0.1, 0.15) is 10.8 Å². The van der Waals surface area contributed by atoms with Crippen molar-refractivity contribution in [1.82, 2.24) is 20.5 Å². The maximum Gasteiger partial charge on any atom is 0.267 e. The van der Waals surface area contributed by atoms with Crippen molar-refractivity contribution < 1.29 is 4.79 Å². The zero-order valence-corrected chi connectivity index (χ0v) is 11.4. The van der Waals surface area contributed by atoms with E-state index in [0.717, 1.165) is 32.7 Å². The monoisotopic (exact) mass is 290 g/mol. The number of rotatable bonds is 4. The Morgan fingerprint density at radius 2 is 2.11 bits per heavy atom. The first-order chi connectivity index (χ1) is 8.66. The van der Waals surface area contributed by atoms with Crippen molar-refractivity contribution in [3.63, 3.8) is 0 Å². The van der Waals surface area contributed by atoms with Crippen LogP contribution in [0, 0.1) is 0 Å². The summed E-state index contributed by atoms with van der Waals surface area (Å²) in [6.45, 7) is 5.54. The second kappa shape index (κ2) is 6.43. The largest absolute Gasteiger partial charge is 0.349 e. The van der Waals surface area contributed by atoms with Crippen LogP contribution in [-0.2, 0) is 0 Å². The number of piperazine rings is 1. The second-order valence-electron chi connectivity index (χ2n) is 4.19. The van der Waals surface area contributed by atoms with Crippen LogP contribution in [0.3, 0.4) is 0 Å². The molecule has 18 heavy (non-hydrogen) atoms. The lowest BCUT2D eigenvalue weighted by molar-refractivity contribution is 0.0943. The van der Waals surface area contributed by atoms with Gasteiger partial charge in [-0.25, -0.2) is 0 Å². The number of halogens is 2. The lowest BCUT2D eigenvalue weighted by Gasteiger charge is -2.26. The zero-order chi connectivity index (χ0) is 13.0. The van der Waals surface area contributed by atoms with Gasteiger partial charge < -0.3 is 15.6 Å². The molecular weight excluding hydrogens is 275 g/mol. The van der Waals surface area contributed by atoms with Crippen LogP contribution in [0.5, 0.6) is 0 Å². The fourth-order valence-electron chi connectivity index (χ4n) is 1.88. The Kier molecular flexibility index (Phi) is 4.88. The fourth-order valence-corrected chi connectivity index (χ4v) is 2.20. The maximum absolute atomic E-state index is 11.8. The highest BCUT2D eigenvalue weighted by atomic mass is 35.5. The van der Waals surface area contributed by atoms with Crippen molar-refractivity contribution in [1.29, 1.82) is 0 Å². The summed E-state index contributed by atoms with van der Waals surface area (Å²) in [6, 6.07) is 1.53. The molecule has 0 spiro atoms. The molecular formula is C11H16Cl2N4O. The van der Waals surface area contributed by atoms with Gasteiger partial charge >= 0.3 is 0 Å². The smallest absolute Gasteiger partial charge is 0.267 e. The first kappa shape index (κ1) is 13.7. The summed E-state index contributed by atoms with van der Waals surface area (Å²) in [5.74, 6) is -0.182. The van der Waals surface area contributed by atoms with Gasteiger partial charge in [-0.2, -0.15) is 0 Å². The molecule has 1 aliphatic heterocycles. The number of hydrogen-bond acceptors (Lipinski definition) is 3. The highest BCUT2D eigenvalue weighted by Gasteiger charge is 2.12. The summed E-state index contributed by atoms with van der Waals surface area (Å²) in [7, 11) is 0. The quantitative estimate of drug-likeness (QED) is 0.774. The third-order valence-corrected chi connectivity index (χ3v) is 3.59. The highest BCUT2D eigenvalue weighted by molar-refractivity contribution is 6.41. The molecule has 1 aromatic rings. The van der Waals surface area contributed by atoms with Crippen LogP contribution in [0.15, 0.2) is 6.07 Å². The lowest BCUT2D eigenvalue weighted by Crippen LogP contribution is -2.46. The van der Waals surface area contributed by atoms with Gasteiger partial charge in [0, 0.05) is 39.3 Å². The minimum Gasteiger partial charge on any atom is -0.349 e. The lowest BCUT2D eigenvalue weighted by atomic mass is 10.3. The molecule has 2 heterocycles. The maximum atomic E-state index is 11.8. The van der Waals surface area contributed by atoms with E-state index in [1.165, 1.54) is 6.07 Å². The molecule has 0 aromatic carbocycles.